The molecule has 0 aromatic rings. The third-order valence-corrected chi connectivity index (χ3v) is 5.53. The van der Waals surface area contributed by atoms with Gasteiger partial charge in [-0.2, -0.15) is 0 Å². The summed E-state index contributed by atoms with van der Waals surface area (Å²) in [5.41, 5.74) is 0. The Bertz CT molecular complexity index is 316. The normalized spacial score (nSPS) is 32.5. The number of carboxylic acid groups (broad SMARTS) is 1. The predicted molar refractivity (Wildman–Crippen MR) is 81.8 cm³/mol. The van der Waals surface area contributed by atoms with Crippen molar-refractivity contribution in [2.24, 2.45) is 17.8 Å². The van der Waals surface area contributed by atoms with Gasteiger partial charge in [0.15, 0.2) is 0 Å². The molecule has 3 heteroatoms. The van der Waals surface area contributed by atoms with Crippen molar-refractivity contribution in [1.29, 1.82) is 0 Å². The second-order valence-corrected chi connectivity index (χ2v) is 7.25. The molecule has 0 aromatic heterocycles. The van der Waals surface area contributed by atoms with E-state index in [9.17, 15) is 4.79 Å². The lowest BCUT2D eigenvalue weighted by Crippen LogP contribution is -2.33. The fraction of sp³-hybridized carbons (Fsp3) is 0.941. The summed E-state index contributed by atoms with van der Waals surface area (Å²) in [7, 11) is 0. The van der Waals surface area contributed by atoms with E-state index in [0.29, 0.717) is 12.3 Å². The Hall–Kier alpha value is -0.570. The minimum atomic E-state index is -0.641. The molecule has 1 aliphatic carbocycles. The topological polar surface area (TPSA) is 40.5 Å². The maximum Gasteiger partial charge on any atom is 0.303 e. The van der Waals surface area contributed by atoms with Crippen LogP contribution in [0.5, 0.6) is 0 Å². The second-order valence-electron chi connectivity index (χ2n) is 7.25. The Morgan fingerprint density at radius 1 is 1.20 bits per heavy atom. The lowest BCUT2D eigenvalue weighted by molar-refractivity contribution is -0.137. The van der Waals surface area contributed by atoms with Crippen LogP contribution < -0.4 is 0 Å². The van der Waals surface area contributed by atoms with Crippen LogP contribution in [0.25, 0.3) is 0 Å². The summed E-state index contributed by atoms with van der Waals surface area (Å²) >= 11 is 0. The van der Waals surface area contributed by atoms with Crippen LogP contribution >= 0.6 is 0 Å². The molecule has 3 atom stereocenters. The van der Waals surface area contributed by atoms with Crippen LogP contribution in [0.2, 0.25) is 0 Å². The zero-order chi connectivity index (χ0) is 14.5. The first-order chi connectivity index (χ1) is 9.56. The van der Waals surface area contributed by atoms with Crippen LogP contribution in [0.4, 0.5) is 0 Å². The first kappa shape index (κ1) is 15.8. The molecule has 0 aromatic carbocycles. The first-order valence-corrected chi connectivity index (χ1v) is 8.52. The second kappa shape index (κ2) is 7.44. The zero-order valence-electron chi connectivity index (χ0n) is 13.2. The van der Waals surface area contributed by atoms with E-state index in [1.165, 1.54) is 45.1 Å². The molecule has 1 aliphatic heterocycles. The van der Waals surface area contributed by atoms with E-state index in [1.54, 1.807) is 0 Å². The molecule has 2 fully saturated rings. The number of hydrogen-bond acceptors (Lipinski definition) is 2. The summed E-state index contributed by atoms with van der Waals surface area (Å²) in [4.78, 5) is 13.3. The number of hydrogen-bond donors (Lipinski definition) is 1. The Labute approximate surface area is 123 Å². The van der Waals surface area contributed by atoms with E-state index in [2.05, 4.69) is 18.7 Å². The summed E-state index contributed by atoms with van der Waals surface area (Å²) in [6, 6.07) is 0.772. The summed E-state index contributed by atoms with van der Waals surface area (Å²) < 4.78 is 0. The molecule has 1 saturated heterocycles. The molecule has 2 aliphatic rings. The number of nitrogens with zero attached hydrogens (tertiary/aromatic N) is 1. The van der Waals surface area contributed by atoms with E-state index < -0.39 is 5.97 Å². The van der Waals surface area contributed by atoms with E-state index in [-0.39, 0.29) is 0 Å². The van der Waals surface area contributed by atoms with Gasteiger partial charge >= 0.3 is 5.97 Å². The third kappa shape index (κ3) is 4.47. The number of carbonyl (C=O) groups is 1. The molecule has 0 bridgehead atoms. The molecule has 1 N–H and O–H groups in total. The van der Waals surface area contributed by atoms with E-state index in [0.717, 1.165) is 30.8 Å². The third-order valence-electron chi connectivity index (χ3n) is 5.53. The molecular formula is C17H31NO2. The molecule has 3 nitrogen and oxygen atoms in total. The van der Waals surface area contributed by atoms with Gasteiger partial charge in [-0.15, -0.1) is 0 Å². The average molecular weight is 281 g/mol. The molecule has 3 unspecified atom stereocenters. The molecule has 116 valence electrons. The zero-order valence-corrected chi connectivity index (χ0v) is 13.2. The van der Waals surface area contributed by atoms with E-state index >= 15 is 0 Å². The van der Waals surface area contributed by atoms with Gasteiger partial charge in [0, 0.05) is 19.0 Å². The monoisotopic (exact) mass is 281 g/mol. The van der Waals surface area contributed by atoms with Crippen molar-refractivity contribution >= 4 is 5.97 Å². The molecule has 0 amide bonds. The molecule has 0 radical (unpaired) electrons. The number of carboxylic acids is 1. The minimum Gasteiger partial charge on any atom is -0.481 e. The number of aliphatic carboxylic acids is 1. The first-order valence-electron chi connectivity index (χ1n) is 8.52. The van der Waals surface area contributed by atoms with Gasteiger partial charge in [0.05, 0.1) is 0 Å². The maximum atomic E-state index is 10.7. The smallest absolute Gasteiger partial charge is 0.303 e. The fourth-order valence-electron chi connectivity index (χ4n) is 4.10. The van der Waals surface area contributed by atoms with Gasteiger partial charge in [-0.3, -0.25) is 4.79 Å². The molecule has 2 rings (SSSR count). The van der Waals surface area contributed by atoms with Gasteiger partial charge in [0.25, 0.3) is 0 Å². The van der Waals surface area contributed by atoms with Gasteiger partial charge in [0.2, 0.25) is 0 Å². The van der Waals surface area contributed by atoms with Crippen molar-refractivity contribution < 1.29 is 9.90 Å². The highest BCUT2D eigenvalue weighted by molar-refractivity contribution is 5.66. The molecule has 0 spiro atoms. The van der Waals surface area contributed by atoms with Crippen LogP contribution in [-0.2, 0) is 4.79 Å². The summed E-state index contributed by atoms with van der Waals surface area (Å²) in [6.45, 7) is 7.07. The van der Waals surface area contributed by atoms with Crippen LogP contribution in [-0.4, -0.2) is 35.1 Å². The van der Waals surface area contributed by atoms with Crippen molar-refractivity contribution in [2.75, 3.05) is 13.1 Å². The van der Waals surface area contributed by atoms with Crippen LogP contribution in [0.1, 0.15) is 65.2 Å². The molecule has 20 heavy (non-hydrogen) atoms. The predicted octanol–water partition coefficient (Wildman–Crippen LogP) is 3.78. The van der Waals surface area contributed by atoms with E-state index in [4.69, 9.17) is 5.11 Å². The number of likely N-dealkylation sites (tertiary alicyclic amines) is 1. The van der Waals surface area contributed by atoms with Crippen molar-refractivity contribution in [3.63, 3.8) is 0 Å². The highest BCUT2D eigenvalue weighted by Crippen LogP contribution is 2.33. The van der Waals surface area contributed by atoms with Crippen LogP contribution in [0, 0.1) is 17.8 Å². The summed E-state index contributed by atoms with van der Waals surface area (Å²) in [6.07, 6.45) is 9.30. The van der Waals surface area contributed by atoms with Crippen molar-refractivity contribution in [1.82, 2.24) is 4.90 Å². The number of rotatable bonds is 5. The van der Waals surface area contributed by atoms with Gasteiger partial charge in [-0.05, 0) is 56.4 Å². The van der Waals surface area contributed by atoms with Gasteiger partial charge < -0.3 is 10.0 Å². The van der Waals surface area contributed by atoms with Crippen molar-refractivity contribution in [3.05, 3.63) is 0 Å². The van der Waals surface area contributed by atoms with Crippen molar-refractivity contribution in [2.45, 2.75) is 71.3 Å². The SMILES string of the molecule is CC(C)C1CCCC(N2CCC(CCC(=O)O)C2)CC1. The largest absolute Gasteiger partial charge is 0.481 e. The van der Waals surface area contributed by atoms with E-state index in [1.807, 2.05) is 0 Å². The van der Waals surface area contributed by atoms with Crippen LogP contribution in [0.15, 0.2) is 0 Å². The van der Waals surface area contributed by atoms with Gasteiger partial charge in [-0.25, -0.2) is 0 Å². The Balaban J connectivity index is 1.77. The fourth-order valence-corrected chi connectivity index (χ4v) is 4.10. The van der Waals surface area contributed by atoms with Crippen molar-refractivity contribution in [3.8, 4) is 0 Å². The highest BCUT2D eigenvalue weighted by atomic mass is 16.4. The van der Waals surface area contributed by atoms with Crippen LogP contribution in [0.3, 0.4) is 0 Å². The lowest BCUT2D eigenvalue weighted by atomic mass is 9.89. The lowest BCUT2D eigenvalue weighted by Gasteiger charge is -2.27. The van der Waals surface area contributed by atoms with Gasteiger partial charge in [-0.1, -0.05) is 26.7 Å². The Morgan fingerprint density at radius 3 is 2.70 bits per heavy atom. The molecular weight excluding hydrogens is 250 g/mol. The summed E-state index contributed by atoms with van der Waals surface area (Å²) in [5.74, 6) is 1.73. The Morgan fingerprint density at radius 2 is 2.00 bits per heavy atom. The maximum absolute atomic E-state index is 10.7. The average Bonchev–Trinajstić information content (AvgIpc) is 2.72. The molecule has 1 saturated carbocycles. The highest BCUT2D eigenvalue weighted by Gasteiger charge is 2.30. The standard InChI is InChI=1S/C17H31NO2/c1-13(2)15-4-3-5-16(8-7-15)18-11-10-14(12-18)6-9-17(19)20/h13-16H,3-12H2,1-2H3,(H,19,20). The Kier molecular flexibility index (Phi) is 5.88. The van der Waals surface area contributed by atoms with Gasteiger partial charge in [0.1, 0.15) is 0 Å². The quantitative estimate of drug-likeness (QED) is 0.780. The molecule has 1 heterocycles. The summed E-state index contributed by atoms with van der Waals surface area (Å²) in [5, 5.41) is 8.79. The minimum absolute atomic E-state index is 0.346.